The fraction of sp³-hybridized carbons (Fsp3) is 0.778. The molecule has 0 radical (unpaired) electrons. The van der Waals surface area contributed by atoms with Gasteiger partial charge in [0.2, 0.25) is 5.91 Å². The molecular formula is C9H13NO3S. The molecule has 0 aromatic heterocycles. The number of nitrogens with zero attached hydrogens (tertiary/aromatic N) is 1. The molecule has 5 heteroatoms. The quantitative estimate of drug-likeness (QED) is 0.476. The number of amides is 1. The molecule has 2 fully saturated rings. The monoisotopic (exact) mass is 216 g/mol. The van der Waals surface area contributed by atoms with Crippen molar-refractivity contribution in [3.63, 3.8) is 0 Å². The number of hydrogen-bond donors (Lipinski definition) is 0. The Hall–Kier alpha value is -0.710. The van der Waals surface area contributed by atoms with Gasteiger partial charge in [-0.2, -0.15) is 0 Å². The zero-order chi connectivity index (χ0) is 11.4. The molecule has 2 aliphatic rings. The Morgan fingerprint density at radius 1 is 1.79 bits per heavy atom. The van der Waals surface area contributed by atoms with Crippen LogP contribution in [-0.4, -0.2) is 40.0 Å². The second-order valence-electron chi connectivity index (χ2n) is 3.95. The Balaban J connectivity index is 2.29. The van der Waals surface area contributed by atoms with Gasteiger partial charge in [0, 0.05) is 6.12 Å². The van der Waals surface area contributed by atoms with Crippen LogP contribution in [-0.2, 0) is 14.3 Å². The molecular weight excluding hydrogens is 202 g/mol. The fourth-order valence-corrected chi connectivity index (χ4v) is 3.40. The van der Waals surface area contributed by atoms with E-state index in [1.807, 2.05) is 13.8 Å². The summed E-state index contributed by atoms with van der Waals surface area (Å²) in [4.78, 5) is 24.5. The van der Waals surface area contributed by atoms with Crippen molar-refractivity contribution in [2.24, 2.45) is 0 Å². The van der Waals surface area contributed by atoms with Gasteiger partial charge in [-0.05, 0) is 13.8 Å². The van der Waals surface area contributed by atoms with Crippen LogP contribution >= 0.6 is 11.8 Å². The molecule has 0 bridgehead atoms. The van der Waals surface area contributed by atoms with Crippen LogP contribution in [0.25, 0.3) is 0 Å². The molecule has 1 amide bonds. The molecule has 3 atom stereocenters. The molecule has 1 unspecified atom stereocenters. The van der Waals surface area contributed by atoms with Crippen molar-refractivity contribution in [2.45, 2.75) is 36.4 Å². The smallest absolute Gasteiger partial charge is 0.330 e. The molecule has 0 aromatic carbocycles. The van der Waals surface area contributed by atoms with E-state index in [4.69, 9.17) is 6.11 Å². The number of methoxy groups -OCH3 is 1. The number of esters is 1. The number of fused-ring (bicyclic) bond motifs is 1. The van der Waals surface area contributed by atoms with E-state index in [2.05, 4.69) is 0 Å². The molecule has 14 heavy (non-hydrogen) atoms. The first-order chi connectivity index (χ1) is 6.90. The summed E-state index contributed by atoms with van der Waals surface area (Å²) in [6.45, 7) is 3.80. The first kappa shape index (κ1) is 8.59. The third-order valence-corrected chi connectivity index (χ3v) is 4.03. The molecule has 0 N–H and O–H groups in total. The predicted octanol–water partition coefficient (Wildman–Crippen LogP) is 0.612. The number of thioether (sulfide) groups is 1. The van der Waals surface area contributed by atoms with E-state index in [1.165, 1.54) is 23.8 Å². The summed E-state index contributed by atoms with van der Waals surface area (Å²) < 4.78 is 11.9. The molecule has 2 heterocycles. The van der Waals surface area contributed by atoms with Gasteiger partial charge < -0.3 is 9.64 Å². The van der Waals surface area contributed by atoms with Crippen molar-refractivity contribution in [1.82, 2.24) is 4.90 Å². The lowest BCUT2D eigenvalue weighted by Crippen LogP contribution is -2.57. The highest BCUT2D eigenvalue weighted by Gasteiger charge is 2.58. The van der Waals surface area contributed by atoms with Gasteiger partial charge in [-0.1, -0.05) is 0 Å². The van der Waals surface area contributed by atoms with E-state index >= 15 is 0 Å². The third kappa shape index (κ3) is 1.15. The van der Waals surface area contributed by atoms with Gasteiger partial charge in [0.15, 0.2) is 0 Å². The molecule has 2 saturated heterocycles. The molecule has 78 valence electrons. The standard InChI is InChI=1S/C9H13NO3S/c1-9(2)7(8(12)13-3)10-5(11)4-6(10)14-9/h6-7H,4H2,1-3H3/t6-,7+/m1/s1/i4D/t4?,6-,7+. The molecule has 2 rings (SSSR count). The maximum atomic E-state index is 11.6. The maximum Gasteiger partial charge on any atom is 0.330 e. The van der Waals surface area contributed by atoms with Crippen LogP contribution in [0.15, 0.2) is 0 Å². The van der Waals surface area contributed by atoms with Crippen LogP contribution in [0.1, 0.15) is 21.6 Å². The molecule has 0 aliphatic carbocycles. The van der Waals surface area contributed by atoms with Gasteiger partial charge in [0.1, 0.15) is 6.04 Å². The summed E-state index contributed by atoms with van der Waals surface area (Å²) in [5.74, 6) is -0.663. The van der Waals surface area contributed by atoms with Gasteiger partial charge in [0.25, 0.3) is 0 Å². The van der Waals surface area contributed by atoms with Crippen LogP contribution in [0.2, 0.25) is 0 Å². The highest BCUT2D eigenvalue weighted by atomic mass is 32.2. The zero-order valence-corrected chi connectivity index (χ0v) is 9.13. The van der Waals surface area contributed by atoms with E-state index in [0.29, 0.717) is 0 Å². The Bertz CT molecular complexity index is 333. The van der Waals surface area contributed by atoms with Gasteiger partial charge in [-0.25, -0.2) is 4.79 Å². The normalized spacial score (nSPS) is 39.9. The minimum absolute atomic E-state index is 0.184. The summed E-state index contributed by atoms with van der Waals surface area (Å²) in [6.07, 6.45) is -0.719. The minimum atomic E-state index is -0.719. The first-order valence-electron chi connectivity index (χ1n) is 4.98. The van der Waals surface area contributed by atoms with Crippen LogP contribution in [0.4, 0.5) is 0 Å². The first-order valence-corrected chi connectivity index (χ1v) is 5.28. The Labute approximate surface area is 88.4 Å². The van der Waals surface area contributed by atoms with Crippen molar-refractivity contribution in [2.75, 3.05) is 7.11 Å². The van der Waals surface area contributed by atoms with Crippen molar-refractivity contribution in [3.05, 3.63) is 0 Å². The number of carbonyl (C=O) groups excluding carboxylic acids is 2. The van der Waals surface area contributed by atoms with Crippen LogP contribution in [0.3, 0.4) is 0 Å². The van der Waals surface area contributed by atoms with Crippen molar-refractivity contribution >= 4 is 23.6 Å². The van der Waals surface area contributed by atoms with Crippen molar-refractivity contribution in [3.8, 4) is 0 Å². The van der Waals surface area contributed by atoms with Gasteiger partial charge in [0.05, 0.1) is 18.9 Å². The number of carbonyl (C=O) groups is 2. The largest absolute Gasteiger partial charge is 0.467 e. The fourth-order valence-electron chi connectivity index (χ4n) is 1.92. The van der Waals surface area contributed by atoms with Crippen LogP contribution in [0.5, 0.6) is 0 Å². The number of hydrogen-bond acceptors (Lipinski definition) is 4. The minimum Gasteiger partial charge on any atom is -0.467 e. The van der Waals surface area contributed by atoms with Crippen LogP contribution in [0, 0.1) is 0 Å². The average molecular weight is 216 g/mol. The topological polar surface area (TPSA) is 46.6 Å². The molecule has 0 aromatic rings. The summed E-state index contributed by atoms with van der Waals surface area (Å²) in [5, 5.41) is -0.184. The lowest BCUT2D eigenvalue weighted by atomic mass is 9.98. The summed E-state index contributed by atoms with van der Waals surface area (Å²) in [7, 11) is 1.32. The zero-order valence-electron chi connectivity index (χ0n) is 9.31. The highest BCUT2D eigenvalue weighted by Crippen LogP contribution is 2.50. The molecule has 4 nitrogen and oxygen atoms in total. The molecule has 0 saturated carbocycles. The number of rotatable bonds is 1. The van der Waals surface area contributed by atoms with E-state index in [9.17, 15) is 9.59 Å². The SMILES string of the molecule is [2H]C1C(=O)N2[C@@H]1SC(C)(C)[C@@H]2C(=O)OC. The van der Waals surface area contributed by atoms with Gasteiger partial charge in [-0.15, -0.1) is 11.8 Å². The van der Waals surface area contributed by atoms with Gasteiger partial charge >= 0.3 is 5.97 Å². The van der Waals surface area contributed by atoms with E-state index in [1.54, 1.807) is 0 Å². The Morgan fingerprint density at radius 2 is 2.43 bits per heavy atom. The second kappa shape index (κ2) is 2.89. The van der Waals surface area contributed by atoms with Crippen molar-refractivity contribution < 1.29 is 15.7 Å². The van der Waals surface area contributed by atoms with E-state index in [0.717, 1.165) is 0 Å². The second-order valence-corrected chi connectivity index (χ2v) is 5.72. The Kier molecular flexibility index (Phi) is 1.77. The Morgan fingerprint density at radius 3 is 3.00 bits per heavy atom. The van der Waals surface area contributed by atoms with Crippen LogP contribution < -0.4 is 0 Å². The number of ether oxygens (including phenoxy) is 1. The van der Waals surface area contributed by atoms with Gasteiger partial charge in [-0.3, -0.25) is 4.79 Å². The molecule has 0 spiro atoms. The third-order valence-electron chi connectivity index (χ3n) is 2.60. The van der Waals surface area contributed by atoms with E-state index in [-0.39, 0.29) is 16.0 Å². The number of β-lactam (4-membered cyclic amide) rings is 1. The summed E-state index contributed by atoms with van der Waals surface area (Å²) in [5.41, 5.74) is 0. The van der Waals surface area contributed by atoms with E-state index < -0.39 is 18.4 Å². The van der Waals surface area contributed by atoms with Crippen molar-refractivity contribution in [1.29, 1.82) is 0 Å². The summed E-state index contributed by atoms with van der Waals surface area (Å²) in [6, 6.07) is -0.549. The predicted molar refractivity (Wildman–Crippen MR) is 52.7 cm³/mol. The summed E-state index contributed by atoms with van der Waals surface area (Å²) >= 11 is 1.50. The maximum absolute atomic E-state index is 11.6. The molecule has 2 aliphatic heterocycles. The average Bonchev–Trinajstić information content (AvgIpc) is 2.45. The lowest BCUT2D eigenvalue weighted by Gasteiger charge is -2.37. The highest BCUT2D eigenvalue weighted by molar-refractivity contribution is 8.01. The lowest BCUT2D eigenvalue weighted by molar-refractivity contribution is -0.159.